The minimum absolute atomic E-state index is 0.0517. The molecule has 2 N–H and O–H groups in total. The van der Waals surface area contributed by atoms with Gasteiger partial charge >= 0.3 is 0 Å². The number of benzene rings is 2. The highest BCUT2D eigenvalue weighted by Crippen LogP contribution is 2.10. The van der Waals surface area contributed by atoms with Crippen LogP contribution in [0, 0.1) is 0 Å². The van der Waals surface area contributed by atoms with E-state index >= 15 is 0 Å². The fraction of sp³-hybridized carbons (Fsp3) is 0.235. The number of carbonyl (C=O) groups is 1. The van der Waals surface area contributed by atoms with Gasteiger partial charge in [-0.25, -0.2) is 13.1 Å². The molecule has 0 aromatic heterocycles. The van der Waals surface area contributed by atoms with Crippen molar-refractivity contribution in [3.05, 3.63) is 60.2 Å². The maximum absolute atomic E-state index is 12.0. The van der Waals surface area contributed by atoms with Gasteiger partial charge in [0.2, 0.25) is 15.9 Å². The van der Waals surface area contributed by atoms with E-state index in [0.29, 0.717) is 5.69 Å². The standard InChI is InChI=1S/C17H20N2O3S/c1-2-14-8-10-15(11-9-14)19-17(20)12-13-18-23(21,22)16-6-4-3-5-7-16/h3-11,18H,2,12-13H2,1H3,(H,19,20). The molecule has 2 rings (SSSR count). The number of hydrogen-bond acceptors (Lipinski definition) is 3. The third-order valence-corrected chi connectivity index (χ3v) is 4.82. The first-order valence-corrected chi connectivity index (χ1v) is 8.93. The molecule has 0 aliphatic carbocycles. The molecule has 0 unspecified atom stereocenters. The molecule has 0 spiro atoms. The number of anilines is 1. The van der Waals surface area contributed by atoms with E-state index in [1.54, 1.807) is 18.2 Å². The van der Waals surface area contributed by atoms with E-state index in [-0.39, 0.29) is 23.8 Å². The SMILES string of the molecule is CCc1ccc(NC(=O)CCNS(=O)(=O)c2ccccc2)cc1. The second-order valence-electron chi connectivity index (χ2n) is 5.06. The molecule has 0 fully saturated rings. The zero-order valence-electron chi connectivity index (χ0n) is 13.0. The third-order valence-electron chi connectivity index (χ3n) is 3.34. The van der Waals surface area contributed by atoms with Crippen LogP contribution < -0.4 is 10.0 Å². The lowest BCUT2D eigenvalue weighted by molar-refractivity contribution is -0.116. The fourth-order valence-electron chi connectivity index (χ4n) is 2.03. The van der Waals surface area contributed by atoms with Gasteiger partial charge in [-0.1, -0.05) is 37.3 Å². The minimum atomic E-state index is -3.57. The third kappa shape index (κ3) is 5.19. The zero-order chi connectivity index (χ0) is 16.7. The summed E-state index contributed by atoms with van der Waals surface area (Å²) in [5, 5.41) is 2.75. The summed E-state index contributed by atoms with van der Waals surface area (Å²) >= 11 is 0. The Morgan fingerprint density at radius 2 is 1.65 bits per heavy atom. The second-order valence-corrected chi connectivity index (χ2v) is 6.83. The van der Waals surface area contributed by atoms with Gasteiger partial charge < -0.3 is 5.32 Å². The summed E-state index contributed by atoms with van der Waals surface area (Å²) in [6.45, 7) is 2.11. The maximum Gasteiger partial charge on any atom is 0.240 e. The van der Waals surface area contributed by atoms with Gasteiger partial charge in [0.15, 0.2) is 0 Å². The van der Waals surface area contributed by atoms with Gasteiger partial charge in [0.25, 0.3) is 0 Å². The average Bonchev–Trinajstić information content (AvgIpc) is 2.56. The Morgan fingerprint density at radius 1 is 1.00 bits per heavy atom. The topological polar surface area (TPSA) is 75.3 Å². The number of carbonyl (C=O) groups excluding carboxylic acids is 1. The number of rotatable bonds is 7. The van der Waals surface area contributed by atoms with Crippen molar-refractivity contribution >= 4 is 21.6 Å². The zero-order valence-corrected chi connectivity index (χ0v) is 13.8. The second kappa shape index (κ2) is 7.89. The summed E-state index contributed by atoms with van der Waals surface area (Å²) in [6.07, 6.45) is 1.01. The molecule has 122 valence electrons. The molecule has 2 aromatic rings. The Kier molecular flexibility index (Phi) is 5.90. The Labute approximate surface area is 136 Å². The molecule has 0 saturated heterocycles. The number of amides is 1. The van der Waals surface area contributed by atoms with Crippen LogP contribution in [0.2, 0.25) is 0 Å². The molecule has 0 radical (unpaired) electrons. The van der Waals surface area contributed by atoms with E-state index in [1.807, 2.05) is 24.3 Å². The summed E-state index contributed by atoms with van der Waals surface area (Å²) in [5.74, 6) is -0.231. The molecule has 2 aromatic carbocycles. The van der Waals surface area contributed by atoms with E-state index in [9.17, 15) is 13.2 Å². The van der Waals surface area contributed by atoms with Gasteiger partial charge in [0.05, 0.1) is 4.90 Å². The first-order valence-electron chi connectivity index (χ1n) is 7.45. The lowest BCUT2D eigenvalue weighted by Crippen LogP contribution is -2.27. The van der Waals surface area contributed by atoms with Gasteiger partial charge in [0, 0.05) is 18.7 Å². The predicted octanol–water partition coefficient (Wildman–Crippen LogP) is 2.56. The van der Waals surface area contributed by atoms with E-state index in [2.05, 4.69) is 17.0 Å². The minimum Gasteiger partial charge on any atom is -0.326 e. The van der Waals surface area contributed by atoms with Gasteiger partial charge in [-0.15, -0.1) is 0 Å². The quantitative estimate of drug-likeness (QED) is 0.818. The van der Waals surface area contributed by atoms with Crippen LogP contribution in [-0.2, 0) is 21.2 Å². The monoisotopic (exact) mass is 332 g/mol. The van der Waals surface area contributed by atoms with Crippen molar-refractivity contribution in [2.24, 2.45) is 0 Å². The Morgan fingerprint density at radius 3 is 2.26 bits per heavy atom. The van der Waals surface area contributed by atoms with Crippen molar-refractivity contribution in [3.63, 3.8) is 0 Å². The lowest BCUT2D eigenvalue weighted by atomic mass is 10.1. The Balaban J connectivity index is 1.82. The van der Waals surface area contributed by atoms with Crippen molar-refractivity contribution in [1.82, 2.24) is 4.72 Å². The largest absolute Gasteiger partial charge is 0.326 e. The van der Waals surface area contributed by atoms with Crippen LogP contribution in [-0.4, -0.2) is 20.9 Å². The van der Waals surface area contributed by atoms with Crippen molar-refractivity contribution < 1.29 is 13.2 Å². The van der Waals surface area contributed by atoms with Crippen LogP contribution >= 0.6 is 0 Å². The van der Waals surface area contributed by atoms with Crippen LogP contribution in [0.5, 0.6) is 0 Å². The molecular weight excluding hydrogens is 312 g/mol. The van der Waals surface area contributed by atoms with E-state index < -0.39 is 10.0 Å². The first kappa shape index (κ1) is 17.2. The molecule has 5 nitrogen and oxygen atoms in total. The molecule has 1 amide bonds. The normalized spacial score (nSPS) is 11.2. The van der Waals surface area contributed by atoms with Crippen LogP contribution in [0.1, 0.15) is 18.9 Å². The smallest absolute Gasteiger partial charge is 0.240 e. The average molecular weight is 332 g/mol. The van der Waals surface area contributed by atoms with E-state index in [4.69, 9.17) is 0 Å². The van der Waals surface area contributed by atoms with Gasteiger partial charge in [-0.05, 0) is 36.2 Å². The van der Waals surface area contributed by atoms with Gasteiger partial charge in [-0.2, -0.15) is 0 Å². The highest BCUT2D eigenvalue weighted by atomic mass is 32.2. The van der Waals surface area contributed by atoms with Crippen LogP contribution in [0.25, 0.3) is 0 Å². The van der Waals surface area contributed by atoms with Crippen LogP contribution in [0.15, 0.2) is 59.5 Å². The molecule has 0 saturated carbocycles. The molecule has 23 heavy (non-hydrogen) atoms. The number of sulfonamides is 1. The van der Waals surface area contributed by atoms with E-state index in [1.165, 1.54) is 17.7 Å². The molecule has 0 atom stereocenters. The van der Waals surface area contributed by atoms with Crippen molar-refractivity contribution in [3.8, 4) is 0 Å². The van der Waals surface area contributed by atoms with Crippen molar-refractivity contribution in [2.75, 3.05) is 11.9 Å². The summed E-state index contributed by atoms with van der Waals surface area (Å²) in [6, 6.07) is 15.7. The maximum atomic E-state index is 12.0. The lowest BCUT2D eigenvalue weighted by Gasteiger charge is -2.08. The summed E-state index contributed by atoms with van der Waals surface area (Å²) in [4.78, 5) is 12.0. The van der Waals surface area contributed by atoms with Crippen LogP contribution in [0.3, 0.4) is 0 Å². The number of aryl methyl sites for hydroxylation is 1. The van der Waals surface area contributed by atoms with E-state index in [0.717, 1.165) is 6.42 Å². The summed E-state index contributed by atoms with van der Waals surface area (Å²) in [5.41, 5.74) is 1.90. The highest BCUT2D eigenvalue weighted by Gasteiger charge is 2.13. The molecule has 0 aliphatic rings. The molecule has 0 heterocycles. The molecule has 0 bridgehead atoms. The highest BCUT2D eigenvalue weighted by molar-refractivity contribution is 7.89. The molecule has 6 heteroatoms. The molecule has 0 aliphatic heterocycles. The summed E-state index contributed by atoms with van der Waals surface area (Å²) < 4.78 is 26.4. The number of nitrogens with one attached hydrogen (secondary N) is 2. The fourth-order valence-corrected chi connectivity index (χ4v) is 3.08. The Bertz CT molecular complexity index is 741. The van der Waals surface area contributed by atoms with Crippen LogP contribution in [0.4, 0.5) is 5.69 Å². The summed E-state index contributed by atoms with van der Waals surface area (Å²) in [7, 11) is -3.57. The van der Waals surface area contributed by atoms with Crippen molar-refractivity contribution in [2.45, 2.75) is 24.7 Å². The number of hydrogen-bond donors (Lipinski definition) is 2. The van der Waals surface area contributed by atoms with Gasteiger partial charge in [0.1, 0.15) is 0 Å². The Hall–Kier alpha value is -2.18. The van der Waals surface area contributed by atoms with Gasteiger partial charge in [-0.3, -0.25) is 4.79 Å². The molecular formula is C17H20N2O3S. The predicted molar refractivity (Wildman–Crippen MR) is 90.7 cm³/mol. The van der Waals surface area contributed by atoms with Crippen molar-refractivity contribution in [1.29, 1.82) is 0 Å². The first-order chi connectivity index (χ1) is 11.0.